The average molecular weight is 580 g/mol. The Hall–Kier alpha value is -3.12. The third kappa shape index (κ3) is 8.45. The van der Waals surface area contributed by atoms with Crippen molar-refractivity contribution in [2.75, 3.05) is 13.2 Å². The lowest BCUT2D eigenvalue weighted by Crippen LogP contribution is -2.52. The highest BCUT2D eigenvalue weighted by atomic mass is 79.9. The van der Waals surface area contributed by atoms with Crippen LogP contribution >= 0.6 is 15.9 Å². The van der Waals surface area contributed by atoms with Crippen molar-refractivity contribution < 1.29 is 14.3 Å². The summed E-state index contributed by atoms with van der Waals surface area (Å²) in [5.41, 5.74) is 4.24. The van der Waals surface area contributed by atoms with Crippen molar-refractivity contribution >= 4 is 27.7 Å². The first-order chi connectivity index (χ1) is 18.2. The van der Waals surface area contributed by atoms with Gasteiger partial charge in [-0.2, -0.15) is 0 Å². The number of hydrogen-bond acceptors (Lipinski definition) is 3. The maximum absolute atomic E-state index is 13.8. The SMILES string of the molecule is Cc1ccccc1CN(C(=O)COc1ccc(C(C)C)cc1Br)[C@H](Cc1ccccc1)C(=O)NCC(C)C. The summed E-state index contributed by atoms with van der Waals surface area (Å²) in [4.78, 5) is 29.0. The quantitative estimate of drug-likeness (QED) is 0.261. The van der Waals surface area contributed by atoms with Crippen LogP contribution in [0.15, 0.2) is 77.3 Å². The smallest absolute Gasteiger partial charge is 0.261 e. The lowest BCUT2D eigenvalue weighted by Gasteiger charge is -2.32. The minimum absolute atomic E-state index is 0.160. The van der Waals surface area contributed by atoms with Crippen LogP contribution in [0.25, 0.3) is 0 Å². The van der Waals surface area contributed by atoms with Crippen LogP contribution in [0.5, 0.6) is 5.75 Å². The van der Waals surface area contributed by atoms with E-state index < -0.39 is 6.04 Å². The standard InChI is InChI=1S/C32H39BrN2O3/c1-22(2)19-34-32(37)29(17-25-12-7-6-8-13-25)35(20-27-14-10-9-11-24(27)5)31(36)21-38-30-16-15-26(23(3)4)18-28(30)33/h6-16,18,22-23,29H,17,19-21H2,1-5H3,(H,34,37)/t29-/m1/s1. The number of nitrogens with one attached hydrogen (secondary N) is 1. The molecule has 0 spiro atoms. The third-order valence-electron chi connectivity index (χ3n) is 6.53. The number of ether oxygens (including phenoxy) is 1. The molecule has 5 nitrogen and oxygen atoms in total. The van der Waals surface area contributed by atoms with Gasteiger partial charge in [0.1, 0.15) is 11.8 Å². The summed E-state index contributed by atoms with van der Waals surface area (Å²) in [6, 6.07) is 23.0. The molecule has 202 valence electrons. The van der Waals surface area contributed by atoms with Gasteiger partial charge in [0.25, 0.3) is 5.91 Å². The summed E-state index contributed by atoms with van der Waals surface area (Å²) in [5.74, 6) is 0.879. The number of benzene rings is 3. The number of carbonyl (C=O) groups is 2. The molecular formula is C32H39BrN2O3. The van der Waals surface area contributed by atoms with Crippen LogP contribution < -0.4 is 10.1 Å². The zero-order valence-electron chi connectivity index (χ0n) is 23.0. The van der Waals surface area contributed by atoms with E-state index in [0.29, 0.717) is 37.1 Å². The maximum atomic E-state index is 13.8. The van der Waals surface area contributed by atoms with Gasteiger partial charge in [-0.1, -0.05) is 88.4 Å². The second-order valence-electron chi connectivity index (χ2n) is 10.4. The van der Waals surface area contributed by atoms with E-state index >= 15 is 0 Å². The Bertz CT molecular complexity index is 1210. The Morgan fingerprint density at radius 1 is 0.947 bits per heavy atom. The predicted octanol–water partition coefficient (Wildman–Crippen LogP) is 6.67. The van der Waals surface area contributed by atoms with E-state index in [-0.39, 0.29) is 18.4 Å². The molecule has 0 bridgehead atoms. The Labute approximate surface area is 235 Å². The molecule has 0 aliphatic rings. The molecule has 0 saturated carbocycles. The molecular weight excluding hydrogens is 540 g/mol. The molecule has 2 amide bonds. The van der Waals surface area contributed by atoms with Gasteiger partial charge in [-0.3, -0.25) is 9.59 Å². The largest absolute Gasteiger partial charge is 0.483 e. The number of carbonyl (C=O) groups excluding carboxylic acids is 2. The number of halogens is 1. The molecule has 0 heterocycles. The van der Waals surface area contributed by atoms with Crippen LogP contribution in [0.4, 0.5) is 0 Å². The van der Waals surface area contributed by atoms with Crippen LogP contribution in [0.1, 0.15) is 55.9 Å². The fourth-order valence-electron chi connectivity index (χ4n) is 4.16. The maximum Gasteiger partial charge on any atom is 0.261 e. The summed E-state index contributed by atoms with van der Waals surface area (Å²) in [6.45, 7) is 11.1. The van der Waals surface area contributed by atoms with Crippen molar-refractivity contribution in [3.05, 3.63) is 99.5 Å². The summed E-state index contributed by atoms with van der Waals surface area (Å²) < 4.78 is 6.79. The summed E-state index contributed by atoms with van der Waals surface area (Å²) in [7, 11) is 0. The fourth-order valence-corrected chi connectivity index (χ4v) is 4.67. The number of amides is 2. The highest BCUT2D eigenvalue weighted by Crippen LogP contribution is 2.29. The lowest BCUT2D eigenvalue weighted by atomic mass is 10.0. The molecule has 1 atom stereocenters. The first-order valence-electron chi connectivity index (χ1n) is 13.2. The van der Waals surface area contributed by atoms with Gasteiger partial charge in [0, 0.05) is 19.5 Å². The number of nitrogens with zero attached hydrogens (tertiary/aromatic N) is 1. The van der Waals surface area contributed by atoms with Crippen LogP contribution in [-0.2, 0) is 22.6 Å². The second kappa shape index (κ2) is 14.1. The van der Waals surface area contributed by atoms with E-state index in [9.17, 15) is 9.59 Å². The van der Waals surface area contributed by atoms with Gasteiger partial charge in [0.05, 0.1) is 4.47 Å². The molecule has 0 aromatic heterocycles. The highest BCUT2D eigenvalue weighted by Gasteiger charge is 2.31. The molecule has 38 heavy (non-hydrogen) atoms. The van der Waals surface area contributed by atoms with E-state index in [0.717, 1.165) is 21.2 Å². The highest BCUT2D eigenvalue weighted by molar-refractivity contribution is 9.10. The molecule has 0 radical (unpaired) electrons. The normalized spacial score (nSPS) is 11.9. The van der Waals surface area contributed by atoms with Gasteiger partial charge < -0.3 is 15.0 Å². The van der Waals surface area contributed by atoms with E-state index in [1.54, 1.807) is 4.90 Å². The Morgan fingerprint density at radius 2 is 1.63 bits per heavy atom. The zero-order chi connectivity index (χ0) is 27.7. The van der Waals surface area contributed by atoms with Gasteiger partial charge in [-0.15, -0.1) is 0 Å². The second-order valence-corrected chi connectivity index (χ2v) is 11.3. The van der Waals surface area contributed by atoms with E-state index in [4.69, 9.17) is 4.74 Å². The van der Waals surface area contributed by atoms with Gasteiger partial charge >= 0.3 is 0 Å². The number of hydrogen-bond donors (Lipinski definition) is 1. The Morgan fingerprint density at radius 3 is 2.26 bits per heavy atom. The van der Waals surface area contributed by atoms with Crippen molar-refractivity contribution in [3.63, 3.8) is 0 Å². The summed E-state index contributed by atoms with van der Waals surface area (Å²) in [6.07, 6.45) is 0.412. The van der Waals surface area contributed by atoms with Crippen molar-refractivity contribution in [1.82, 2.24) is 10.2 Å². The predicted molar refractivity (Wildman–Crippen MR) is 157 cm³/mol. The first-order valence-corrected chi connectivity index (χ1v) is 14.0. The van der Waals surface area contributed by atoms with Crippen molar-refractivity contribution in [2.45, 2.75) is 59.5 Å². The topological polar surface area (TPSA) is 58.6 Å². The molecule has 1 N–H and O–H groups in total. The van der Waals surface area contributed by atoms with E-state index in [1.807, 2.05) is 79.7 Å². The Kier molecular flexibility index (Phi) is 11.0. The minimum atomic E-state index is -0.682. The lowest BCUT2D eigenvalue weighted by molar-refractivity contribution is -0.142. The van der Waals surface area contributed by atoms with Gasteiger partial charge in [0.2, 0.25) is 5.91 Å². The molecule has 0 saturated heterocycles. The summed E-state index contributed by atoms with van der Waals surface area (Å²) >= 11 is 3.58. The molecule has 3 aromatic carbocycles. The Balaban J connectivity index is 1.91. The van der Waals surface area contributed by atoms with Gasteiger partial charge in [-0.05, 0) is 69.1 Å². The molecule has 3 rings (SSSR count). The molecule has 6 heteroatoms. The minimum Gasteiger partial charge on any atom is -0.483 e. The molecule has 0 aliphatic carbocycles. The van der Waals surface area contributed by atoms with Crippen molar-refractivity contribution in [3.8, 4) is 5.75 Å². The molecule has 3 aromatic rings. The van der Waals surface area contributed by atoms with Crippen molar-refractivity contribution in [1.29, 1.82) is 0 Å². The zero-order valence-corrected chi connectivity index (χ0v) is 24.6. The van der Waals surface area contributed by atoms with Gasteiger partial charge in [-0.25, -0.2) is 0 Å². The summed E-state index contributed by atoms with van der Waals surface area (Å²) in [5, 5.41) is 3.06. The van der Waals surface area contributed by atoms with Crippen LogP contribution in [-0.4, -0.2) is 35.9 Å². The third-order valence-corrected chi connectivity index (χ3v) is 7.15. The van der Waals surface area contributed by atoms with Crippen LogP contribution in [0, 0.1) is 12.8 Å². The number of aryl methyl sites for hydroxylation is 1. The average Bonchev–Trinajstić information content (AvgIpc) is 2.89. The molecule has 0 unspecified atom stereocenters. The van der Waals surface area contributed by atoms with Gasteiger partial charge in [0.15, 0.2) is 6.61 Å². The van der Waals surface area contributed by atoms with E-state index in [1.165, 1.54) is 5.56 Å². The number of rotatable bonds is 12. The van der Waals surface area contributed by atoms with Crippen LogP contribution in [0.2, 0.25) is 0 Å². The van der Waals surface area contributed by atoms with Crippen molar-refractivity contribution in [2.24, 2.45) is 5.92 Å². The molecule has 0 aliphatic heterocycles. The van der Waals surface area contributed by atoms with E-state index in [2.05, 4.69) is 48.9 Å². The first kappa shape index (κ1) is 29.4. The fraction of sp³-hybridized carbons (Fsp3) is 0.375. The molecule has 0 fully saturated rings. The van der Waals surface area contributed by atoms with Crippen LogP contribution in [0.3, 0.4) is 0 Å². The monoisotopic (exact) mass is 578 g/mol.